The van der Waals surface area contributed by atoms with E-state index in [4.69, 9.17) is 17.0 Å². The molecule has 0 atom stereocenters. The molecule has 0 saturated carbocycles. The molecule has 132 valence electrons. The van der Waals surface area contributed by atoms with Crippen LogP contribution in [0.1, 0.15) is 36.5 Å². The third-order valence-corrected chi connectivity index (χ3v) is 3.86. The number of thiocarbonyl (C=S) groups is 1. The summed E-state index contributed by atoms with van der Waals surface area (Å²) in [4.78, 5) is 0. The van der Waals surface area contributed by atoms with Crippen molar-refractivity contribution in [3.8, 4) is 5.75 Å². The molecular formula is C20H25N3OS. The molecule has 0 aromatic heterocycles. The van der Waals surface area contributed by atoms with Crippen LogP contribution in [0.2, 0.25) is 0 Å². The number of unbranched alkanes of at least 4 members (excludes halogenated alkanes) is 1. The lowest BCUT2D eigenvalue weighted by Crippen LogP contribution is -2.24. The van der Waals surface area contributed by atoms with Crippen LogP contribution in [0.4, 0.5) is 5.69 Å². The Kier molecular flexibility index (Phi) is 7.41. The third kappa shape index (κ3) is 6.55. The fraction of sp³-hybridized carbons (Fsp3) is 0.300. The fourth-order valence-corrected chi connectivity index (χ4v) is 2.33. The number of aryl methyl sites for hydroxylation is 2. The van der Waals surface area contributed by atoms with E-state index in [0.717, 1.165) is 42.0 Å². The van der Waals surface area contributed by atoms with Gasteiger partial charge >= 0.3 is 0 Å². The highest BCUT2D eigenvalue weighted by molar-refractivity contribution is 7.80. The first-order valence-corrected chi connectivity index (χ1v) is 8.89. The van der Waals surface area contributed by atoms with Crippen molar-refractivity contribution >= 4 is 29.2 Å². The van der Waals surface area contributed by atoms with Crippen LogP contribution in [0.5, 0.6) is 5.75 Å². The second kappa shape index (κ2) is 9.79. The molecule has 0 aliphatic carbocycles. The summed E-state index contributed by atoms with van der Waals surface area (Å²) in [6.45, 7) is 6.99. The molecule has 2 N–H and O–H groups in total. The van der Waals surface area contributed by atoms with Gasteiger partial charge in [-0.25, -0.2) is 0 Å². The minimum Gasteiger partial charge on any atom is -0.494 e. The fourth-order valence-electron chi connectivity index (χ4n) is 2.17. The first-order chi connectivity index (χ1) is 12.1. The van der Waals surface area contributed by atoms with Gasteiger partial charge in [0.05, 0.1) is 12.8 Å². The van der Waals surface area contributed by atoms with Crippen LogP contribution in [0.3, 0.4) is 0 Å². The Labute approximate surface area is 155 Å². The van der Waals surface area contributed by atoms with Gasteiger partial charge in [0.15, 0.2) is 5.11 Å². The van der Waals surface area contributed by atoms with Gasteiger partial charge in [-0.05, 0) is 79.5 Å². The van der Waals surface area contributed by atoms with Crippen molar-refractivity contribution in [2.45, 2.75) is 33.6 Å². The number of hydrazone groups is 1. The lowest BCUT2D eigenvalue weighted by atomic mass is 10.1. The van der Waals surface area contributed by atoms with E-state index in [9.17, 15) is 0 Å². The molecule has 0 heterocycles. The highest BCUT2D eigenvalue weighted by Gasteiger charge is 2.00. The van der Waals surface area contributed by atoms with Crippen molar-refractivity contribution in [2.24, 2.45) is 5.10 Å². The SMILES string of the molecule is CCCCOc1ccc(/C=N\NC(=S)Nc2cc(C)ccc2C)cc1. The number of hydrogen-bond acceptors (Lipinski definition) is 3. The maximum absolute atomic E-state index is 5.64. The molecular weight excluding hydrogens is 330 g/mol. The molecule has 0 radical (unpaired) electrons. The molecule has 25 heavy (non-hydrogen) atoms. The molecule has 0 bridgehead atoms. The van der Waals surface area contributed by atoms with Gasteiger partial charge in [-0.15, -0.1) is 0 Å². The van der Waals surface area contributed by atoms with E-state index in [0.29, 0.717) is 5.11 Å². The monoisotopic (exact) mass is 355 g/mol. The number of nitrogens with zero attached hydrogens (tertiary/aromatic N) is 1. The van der Waals surface area contributed by atoms with Gasteiger partial charge in [0.1, 0.15) is 5.75 Å². The number of nitrogens with one attached hydrogen (secondary N) is 2. The molecule has 0 unspecified atom stereocenters. The summed E-state index contributed by atoms with van der Waals surface area (Å²) >= 11 is 5.28. The molecule has 0 amide bonds. The summed E-state index contributed by atoms with van der Waals surface area (Å²) < 4.78 is 5.64. The summed E-state index contributed by atoms with van der Waals surface area (Å²) in [5.74, 6) is 0.880. The normalized spacial score (nSPS) is 10.7. The van der Waals surface area contributed by atoms with E-state index in [1.165, 1.54) is 5.56 Å². The molecule has 0 spiro atoms. The molecule has 2 rings (SSSR count). The van der Waals surface area contributed by atoms with Crippen molar-refractivity contribution in [3.63, 3.8) is 0 Å². The number of anilines is 1. The van der Waals surface area contributed by atoms with Crippen LogP contribution in [0.15, 0.2) is 47.6 Å². The van der Waals surface area contributed by atoms with Crippen molar-refractivity contribution < 1.29 is 4.74 Å². The summed E-state index contributed by atoms with van der Waals surface area (Å²) in [7, 11) is 0. The summed E-state index contributed by atoms with van der Waals surface area (Å²) in [6.07, 6.45) is 3.93. The highest BCUT2D eigenvalue weighted by atomic mass is 32.1. The Morgan fingerprint density at radius 1 is 1.16 bits per heavy atom. The molecule has 2 aromatic carbocycles. The molecule has 0 saturated heterocycles. The van der Waals surface area contributed by atoms with Crippen LogP contribution >= 0.6 is 12.2 Å². The average molecular weight is 356 g/mol. The van der Waals surface area contributed by atoms with Crippen LogP contribution in [-0.4, -0.2) is 17.9 Å². The van der Waals surface area contributed by atoms with E-state index < -0.39 is 0 Å². The van der Waals surface area contributed by atoms with E-state index in [2.05, 4.69) is 47.9 Å². The zero-order valence-electron chi connectivity index (χ0n) is 15.0. The van der Waals surface area contributed by atoms with Gasteiger partial charge < -0.3 is 10.1 Å². The van der Waals surface area contributed by atoms with E-state index >= 15 is 0 Å². The molecule has 0 aliphatic rings. The molecule has 2 aromatic rings. The lowest BCUT2D eigenvalue weighted by Gasteiger charge is -2.10. The van der Waals surface area contributed by atoms with Gasteiger partial charge in [-0.3, -0.25) is 5.43 Å². The predicted octanol–water partition coefficient (Wildman–Crippen LogP) is 4.80. The number of ether oxygens (including phenoxy) is 1. The van der Waals surface area contributed by atoms with E-state index in [1.807, 2.05) is 31.2 Å². The summed E-state index contributed by atoms with van der Waals surface area (Å²) in [6, 6.07) is 14.0. The average Bonchev–Trinajstić information content (AvgIpc) is 2.60. The summed E-state index contributed by atoms with van der Waals surface area (Å²) in [5.41, 5.74) is 7.12. The number of rotatable bonds is 7. The first-order valence-electron chi connectivity index (χ1n) is 8.48. The Bertz CT molecular complexity index is 726. The third-order valence-electron chi connectivity index (χ3n) is 3.67. The van der Waals surface area contributed by atoms with E-state index in [-0.39, 0.29) is 0 Å². The quantitative estimate of drug-likeness (QED) is 0.324. The Balaban J connectivity index is 1.83. The minimum absolute atomic E-state index is 0.462. The van der Waals surface area contributed by atoms with Crippen LogP contribution in [-0.2, 0) is 0 Å². The topological polar surface area (TPSA) is 45.6 Å². The molecule has 5 heteroatoms. The molecule has 0 fully saturated rings. The van der Waals surface area contributed by atoms with E-state index in [1.54, 1.807) is 6.21 Å². The predicted molar refractivity (Wildman–Crippen MR) is 110 cm³/mol. The van der Waals surface area contributed by atoms with Crippen molar-refractivity contribution in [2.75, 3.05) is 11.9 Å². The Hall–Kier alpha value is -2.40. The highest BCUT2D eigenvalue weighted by Crippen LogP contribution is 2.16. The smallest absolute Gasteiger partial charge is 0.191 e. The lowest BCUT2D eigenvalue weighted by molar-refractivity contribution is 0.309. The number of hydrogen-bond donors (Lipinski definition) is 2. The molecule has 4 nitrogen and oxygen atoms in total. The standard InChI is InChI=1S/C20H25N3OS/c1-4-5-12-24-18-10-8-17(9-11-18)14-21-23-20(25)22-19-13-15(2)6-7-16(19)3/h6-11,13-14H,4-5,12H2,1-3H3,(H2,22,23,25)/b21-14-. The maximum atomic E-state index is 5.64. The Morgan fingerprint density at radius 3 is 2.64 bits per heavy atom. The summed E-state index contributed by atoms with van der Waals surface area (Å²) in [5, 5.41) is 7.80. The maximum Gasteiger partial charge on any atom is 0.191 e. The van der Waals surface area contributed by atoms with Gasteiger partial charge in [-0.1, -0.05) is 25.5 Å². The van der Waals surface area contributed by atoms with Gasteiger partial charge in [0.25, 0.3) is 0 Å². The minimum atomic E-state index is 0.462. The van der Waals surface area contributed by atoms with Crippen molar-refractivity contribution in [3.05, 3.63) is 59.2 Å². The van der Waals surface area contributed by atoms with Crippen LogP contribution in [0.25, 0.3) is 0 Å². The van der Waals surface area contributed by atoms with Gasteiger partial charge in [-0.2, -0.15) is 5.10 Å². The Morgan fingerprint density at radius 2 is 1.92 bits per heavy atom. The zero-order chi connectivity index (χ0) is 18.1. The van der Waals surface area contributed by atoms with Crippen molar-refractivity contribution in [1.82, 2.24) is 5.43 Å². The first kappa shape index (κ1) is 18.9. The number of benzene rings is 2. The van der Waals surface area contributed by atoms with Crippen molar-refractivity contribution in [1.29, 1.82) is 0 Å². The largest absolute Gasteiger partial charge is 0.494 e. The second-order valence-corrected chi connectivity index (χ2v) is 6.32. The zero-order valence-corrected chi connectivity index (χ0v) is 15.8. The molecule has 0 aliphatic heterocycles. The second-order valence-electron chi connectivity index (χ2n) is 5.91. The van der Waals surface area contributed by atoms with Gasteiger partial charge in [0.2, 0.25) is 0 Å². The van der Waals surface area contributed by atoms with Crippen LogP contribution in [0, 0.1) is 13.8 Å². The van der Waals surface area contributed by atoms with Gasteiger partial charge in [0, 0.05) is 5.69 Å². The van der Waals surface area contributed by atoms with Crippen LogP contribution < -0.4 is 15.5 Å².